The van der Waals surface area contributed by atoms with Crippen LogP contribution in [0.4, 0.5) is 0 Å². The maximum Gasteiger partial charge on any atom is 0.326 e. The zero-order valence-corrected chi connectivity index (χ0v) is 26.5. The van der Waals surface area contributed by atoms with Crippen molar-refractivity contribution in [2.75, 3.05) is 13.1 Å². The molecule has 13 nitrogen and oxygen atoms in total. The summed E-state index contributed by atoms with van der Waals surface area (Å²) in [6.45, 7) is 9.64. The van der Waals surface area contributed by atoms with Gasteiger partial charge in [0.25, 0.3) is 0 Å². The molecule has 1 heterocycles. The maximum absolute atomic E-state index is 13.8. The van der Waals surface area contributed by atoms with E-state index < -0.39 is 59.3 Å². The molecular formula is C31H50N6O7. The highest BCUT2D eigenvalue weighted by Gasteiger charge is 2.40. The Hall–Kier alpha value is -3.71. The fraction of sp³-hybridized carbons (Fsp3) is 0.645. The minimum Gasteiger partial charge on any atom is -0.508 e. The third kappa shape index (κ3) is 10.8. The van der Waals surface area contributed by atoms with Crippen molar-refractivity contribution in [3.63, 3.8) is 0 Å². The Morgan fingerprint density at radius 2 is 1.64 bits per heavy atom. The second-order valence-electron chi connectivity index (χ2n) is 13.0. The third-order valence-electron chi connectivity index (χ3n) is 7.62. The fourth-order valence-electron chi connectivity index (χ4n) is 5.19. The molecule has 5 atom stereocenters. The lowest BCUT2D eigenvalue weighted by Gasteiger charge is -2.33. The van der Waals surface area contributed by atoms with Gasteiger partial charge >= 0.3 is 5.97 Å². The molecule has 0 bridgehead atoms. The molecule has 1 aliphatic heterocycles. The third-order valence-corrected chi connectivity index (χ3v) is 7.62. The van der Waals surface area contributed by atoms with Crippen molar-refractivity contribution in [3.8, 4) is 5.75 Å². The second kappa shape index (κ2) is 16.4. The fourth-order valence-corrected chi connectivity index (χ4v) is 5.19. The molecule has 0 aliphatic carbocycles. The first-order chi connectivity index (χ1) is 20.5. The Bertz CT molecular complexity index is 1150. The first-order valence-electron chi connectivity index (χ1n) is 15.2. The molecule has 1 aliphatic rings. The van der Waals surface area contributed by atoms with E-state index in [9.17, 15) is 34.2 Å². The van der Waals surface area contributed by atoms with Gasteiger partial charge in [-0.3, -0.25) is 19.2 Å². The van der Waals surface area contributed by atoms with E-state index in [0.29, 0.717) is 44.3 Å². The van der Waals surface area contributed by atoms with E-state index in [4.69, 9.17) is 11.5 Å². The molecule has 0 saturated carbocycles. The van der Waals surface area contributed by atoms with Crippen LogP contribution in [0.5, 0.6) is 5.75 Å². The minimum absolute atomic E-state index is 0.00113. The van der Waals surface area contributed by atoms with Crippen LogP contribution in [-0.4, -0.2) is 88.0 Å². The number of phenolic OH excluding ortho intramolecular Hbond substituents is 1. The number of likely N-dealkylation sites (tertiary alicyclic amines) is 1. The number of benzene rings is 1. The molecule has 0 aromatic heterocycles. The van der Waals surface area contributed by atoms with Gasteiger partial charge in [-0.15, -0.1) is 0 Å². The lowest BCUT2D eigenvalue weighted by atomic mass is 9.85. The summed E-state index contributed by atoms with van der Waals surface area (Å²) in [6, 6.07) is 1.10. The summed E-state index contributed by atoms with van der Waals surface area (Å²) in [5.41, 5.74) is 11.4. The molecule has 13 heteroatoms. The molecule has 1 aromatic rings. The number of nitrogens with one attached hydrogen (secondary N) is 3. The standard InChI is InChI=1S/C31H50N6O7/c1-18(2)16-23(30(43)44)35-28(41)25(31(3,4)5)36-26(39)22(17-19-10-12-20(38)13-11-19)34-27(40)24-9-7-15-37(24)29(42)21(33)8-6-14-32/h10-13,18,21-25,38H,6-9,14-17,32-33H2,1-5H3,(H,34,40)(H,35,41)(H,36,39)(H,43,44). The van der Waals surface area contributed by atoms with E-state index in [0.717, 1.165) is 0 Å². The van der Waals surface area contributed by atoms with Gasteiger partial charge in [0.1, 0.15) is 29.9 Å². The number of nitrogens with two attached hydrogens (primary N) is 2. The first kappa shape index (κ1) is 36.5. The van der Waals surface area contributed by atoms with Crippen molar-refractivity contribution in [1.82, 2.24) is 20.9 Å². The van der Waals surface area contributed by atoms with Crippen molar-refractivity contribution < 1.29 is 34.2 Å². The first-order valence-corrected chi connectivity index (χ1v) is 15.2. The largest absolute Gasteiger partial charge is 0.508 e. The van der Waals surface area contributed by atoms with Crippen LogP contribution >= 0.6 is 0 Å². The van der Waals surface area contributed by atoms with Crippen LogP contribution < -0.4 is 27.4 Å². The second-order valence-corrected chi connectivity index (χ2v) is 13.0. The Morgan fingerprint density at radius 3 is 2.18 bits per heavy atom. The number of hydrogen-bond acceptors (Lipinski definition) is 8. The highest BCUT2D eigenvalue weighted by molar-refractivity contribution is 5.96. The summed E-state index contributed by atoms with van der Waals surface area (Å²) >= 11 is 0. The van der Waals surface area contributed by atoms with Crippen LogP contribution in [0.15, 0.2) is 24.3 Å². The van der Waals surface area contributed by atoms with Gasteiger partial charge in [-0.1, -0.05) is 46.8 Å². The van der Waals surface area contributed by atoms with Crippen molar-refractivity contribution in [2.24, 2.45) is 22.8 Å². The lowest BCUT2D eigenvalue weighted by Crippen LogP contribution is -2.61. The molecule has 0 radical (unpaired) electrons. The highest BCUT2D eigenvalue weighted by Crippen LogP contribution is 2.22. The van der Waals surface area contributed by atoms with Gasteiger partial charge in [0, 0.05) is 13.0 Å². The number of aromatic hydroxyl groups is 1. The molecule has 1 saturated heterocycles. The summed E-state index contributed by atoms with van der Waals surface area (Å²) < 4.78 is 0. The predicted octanol–water partition coefficient (Wildman–Crippen LogP) is 0.623. The molecule has 246 valence electrons. The summed E-state index contributed by atoms with van der Waals surface area (Å²) in [4.78, 5) is 67.0. The lowest BCUT2D eigenvalue weighted by molar-refractivity contribution is -0.143. The van der Waals surface area contributed by atoms with Crippen LogP contribution in [0.3, 0.4) is 0 Å². The number of hydrogen-bond donors (Lipinski definition) is 7. The number of carbonyl (C=O) groups is 5. The predicted molar refractivity (Wildman–Crippen MR) is 165 cm³/mol. The number of phenols is 1. The molecule has 5 unspecified atom stereocenters. The molecule has 44 heavy (non-hydrogen) atoms. The van der Waals surface area contributed by atoms with E-state index >= 15 is 0 Å². The number of nitrogens with zero attached hydrogens (tertiary/aromatic N) is 1. The van der Waals surface area contributed by atoms with Crippen LogP contribution in [0, 0.1) is 11.3 Å². The monoisotopic (exact) mass is 618 g/mol. The number of carbonyl (C=O) groups excluding carboxylic acids is 4. The topological polar surface area (TPSA) is 217 Å². The summed E-state index contributed by atoms with van der Waals surface area (Å²) in [5.74, 6) is -3.35. The van der Waals surface area contributed by atoms with Crippen LogP contribution in [-0.2, 0) is 30.4 Å². The molecule has 0 spiro atoms. The van der Waals surface area contributed by atoms with Crippen molar-refractivity contribution in [3.05, 3.63) is 29.8 Å². The highest BCUT2D eigenvalue weighted by atomic mass is 16.4. The van der Waals surface area contributed by atoms with Gasteiger partial charge in [0.05, 0.1) is 6.04 Å². The summed E-state index contributed by atoms with van der Waals surface area (Å²) in [5, 5.41) is 27.4. The van der Waals surface area contributed by atoms with Crippen LogP contribution in [0.25, 0.3) is 0 Å². The number of aliphatic carboxylic acids is 1. The molecule has 2 rings (SSSR count). The van der Waals surface area contributed by atoms with Gasteiger partial charge in [0.2, 0.25) is 23.6 Å². The van der Waals surface area contributed by atoms with Gasteiger partial charge in [-0.2, -0.15) is 0 Å². The van der Waals surface area contributed by atoms with E-state index in [1.54, 1.807) is 32.9 Å². The molecule has 4 amide bonds. The van der Waals surface area contributed by atoms with Crippen LogP contribution in [0.2, 0.25) is 0 Å². The molecule has 9 N–H and O–H groups in total. The normalized spacial score (nSPS) is 17.8. The van der Waals surface area contributed by atoms with Crippen molar-refractivity contribution in [2.45, 2.75) is 103 Å². The van der Waals surface area contributed by atoms with Gasteiger partial charge < -0.3 is 42.5 Å². The average molecular weight is 619 g/mol. The average Bonchev–Trinajstić information content (AvgIpc) is 3.43. The van der Waals surface area contributed by atoms with E-state index in [2.05, 4.69) is 16.0 Å². The number of amides is 4. The maximum atomic E-state index is 13.8. The van der Waals surface area contributed by atoms with Gasteiger partial charge in [0.15, 0.2) is 0 Å². The Labute approximate surface area is 259 Å². The van der Waals surface area contributed by atoms with Crippen molar-refractivity contribution >= 4 is 29.6 Å². The Kier molecular flexibility index (Phi) is 13.6. The van der Waals surface area contributed by atoms with E-state index in [1.165, 1.54) is 17.0 Å². The Balaban J connectivity index is 2.31. The Morgan fingerprint density at radius 1 is 1.00 bits per heavy atom. The quantitative estimate of drug-likeness (QED) is 0.146. The van der Waals surface area contributed by atoms with Crippen LogP contribution in [0.1, 0.15) is 72.3 Å². The minimum atomic E-state index is -1.18. The molecule has 1 fully saturated rings. The van der Waals surface area contributed by atoms with Gasteiger partial charge in [-0.25, -0.2) is 4.79 Å². The SMILES string of the molecule is CC(C)CC(NC(=O)C(NC(=O)C(Cc1ccc(O)cc1)NC(=O)C1CCCN1C(=O)C(N)CCCN)C(C)(C)C)C(=O)O. The van der Waals surface area contributed by atoms with E-state index in [1.807, 2.05) is 13.8 Å². The summed E-state index contributed by atoms with van der Waals surface area (Å²) in [7, 11) is 0. The number of carboxylic acids is 1. The summed E-state index contributed by atoms with van der Waals surface area (Å²) in [6.07, 6.45) is 2.18. The smallest absolute Gasteiger partial charge is 0.326 e. The number of rotatable bonds is 15. The zero-order chi connectivity index (χ0) is 33.2. The molecule has 1 aromatic carbocycles. The molecular weight excluding hydrogens is 568 g/mol. The van der Waals surface area contributed by atoms with E-state index in [-0.39, 0.29) is 30.4 Å². The zero-order valence-electron chi connectivity index (χ0n) is 26.5. The van der Waals surface area contributed by atoms with Gasteiger partial charge in [-0.05, 0) is 67.7 Å². The van der Waals surface area contributed by atoms with Crippen molar-refractivity contribution in [1.29, 1.82) is 0 Å². The number of carboxylic acid groups (broad SMARTS) is 1.